The molecule has 3 rings (SSSR count). The molecule has 2 aliphatic heterocycles. The van der Waals surface area contributed by atoms with Gasteiger partial charge in [0, 0.05) is 6.54 Å². The van der Waals surface area contributed by atoms with Crippen LogP contribution in [0.3, 0.4) is 0 Å². The first kappa shape index (κ1) is 22.4. The Hall–Kier alpha value is -1.90. The zero-order chi connectivity index (χ0) is 19.9. The van der Waals surface area contributed by atoms with Crippen molar-refractivity contribution in [3.8, 4) is 5.75 Å². The van der Waals surface area contributed by atoms with Gasteiger partial charge >= 0.3 is 52.1 Å². The minimum absolute atomic E-state index is 0. The van der Waals surface area contributed by atoms with Crippen LogP contribution in [0.5, 0.6) is 5.75 Å². The van der Waals surface area contributed by atoms with E-state index in [1.807, 2.05) is 0 Å². The Bertz CT molecular complexity index is 923. The second kappa shape index (κ2) is 8.23. The first-order valence-electron chi connectivity index (χ1n) is 7.69. The van der Waals surface area contributed by atoms with Crippen LogP contribution in [0, 0.1) is 0 Å². The smallest absolute Gasteiger partial charge is 0.548 e. The molecule has 0 saturated carbocycles. The molecule has 146 valence electrons. The topological polar surface area (TPSA) is 166 Å². The third-order valence-corrected chi connectivity index (χ3v) is 4.39. The molecular weight excluding hydrogens is 409 g/mol. The molecule has 2 heterocycles. The predicted octanol–water partition coefficient (Wildman–Crippen LogP) is -3.88. The third kappa shape index (κ3) is 4.24. The van der Waals surface area contributed by atoms with E-state index in [0.29, 0.717) is 11.6 Å². The molecule has 2 bridgehead atoms. The normalized spacial score (nSPS) is 20.3. The second-order valence-electron chi connectivity index (χ2n) is 5.71. The molecule has 0 spiro atoms. The number of carbonyl (C=O) groups is 3. The Morgan fingerprint density at radius 2 is 2.04 bits per heavy atom. The van der Waals surface area contributed by atoms with Gasteiger partial charge in [-0.25, -0.2) is 9.59 Å². The average molecular weight is 423 g/mol. The molecule has 28 heavy (non-hydrogen) atoms. The van der Waals surface area contributed by atoms with E-state index in [-0.39, 0.29) is 53.0 Å². The maximum absolute atomic E-state index is 12.4. The van der Waals surface area contributed by atoms with Crippen molar-refractivity contribution in [3.05, 3.63) is 29.3 Å². The number of hydrogen-bond donors (Lipinski definition) is 2. The van der Waals surface area contributed by atoms with Gasteiger partial charge in [0.1, 0.15) is 11.8 Å². The number of carboxylic acid groups (broad SMARTS) is 1. The van der Waals surface area contributed by atoms with Crippen LogP contribution in [-0.4, -0.2) is 54.1 Å². The summed E-state index contributed by atoms with van der Waals surface area (Å²) >= 11 is 0. The minimum atomic E-state index is -5.04. The molecule has 12 nitrogen and oxygen atoms in total. The molecule has 2 N–H and O–H groups in total. The number of benzene rings is 1. The Kier molecular flexibility index (Phi) is 6.58. The summed E-state index contributed by atoms with van der Waals surface area (Å²) in [6.07, 6.45) is -0.750. The van der Waals surface area contributed by atoms with E-state index in [4.69, 9.17) is 9.29 Å². The van der Waals surface area contributed by atoms with Crippen LogP contribution in [-0.2, 0) is 19.5 Å². The zero-order valence-corrected chi connectivity index (χ0v) is 17.6. The van der Waals surface area contributed by atoms with Crippen molar-refractivity contribution in [2.75, 3.05) is 13.1 Å². The van der Waals surface area contributed by atoms with Crippen LogP contribution in [0.25, 0.3) is 0 Å². The average Bonchev–Trinajstić information content (AvgIpc) is 2.81. The van der Waals surface area contributed by atoms with Gasteiger partial charge in [-0.2, -0.15) is 13.5 Å². The first-order chi connectivity index (χ1) is 12.6. The predicted molar refractivity (Wildman–Crippen MR) is 83.2 cm³/mol. The van der Waals surface area contributed by atoms with Gasteiger partial charge in [0.15, 0.2) is 0 Å². The fourth-order valence-electron chi connectivity index (χ4n) is 3.09. The first-order valence-corrected chi connectivity index (χ1v) is 9.06. The molecule has 14 heteroatoms. The molecule has 1 aromatic carbocycles. The van der Waals surface area contributed by atoms with E-state index in [0.717, 1.165) is 4.90 Å². The van der Waals surface area contributed by atoms with Crippen LogP contribution >= 0.6 is 0 Å². The second-order valence-corrected chi connectivity index (χ2v) is 6.72. The Labute approximate surface area is 181 Å². The van der Waals surface area contributed by atoms with Crippen molar-refractivity contribution in [2.45, 2.75) is 19.0 Å². The quantitative estimate of drug-likeness (QED) is 0.356. The van der Waals surface area contributed by atoms with Crippen molar-refractivity contribution in [1.29, 1.82) is 0 Å². The minimum Gasteiger partial charge on any atom is -0.548 e. The summed E-state index contributed by atoms with van der Waals surface area (Å²) < 4.78 is 40.4. The van der Waals surface area contributed by atoms with Crippen LogP contribution in [0.2, 0.25) is 0 Å². The molecule has 2 aliphatic rings. The number of hydrogen-bond acceptors (Lipinski definition) is 8. The van der Waals surface area contributed by atoms with Gasteiger partial charge in [-0.15, -0.1) is 4.28 Å². The maximum Gasteiger partial charge on any atom is 1.00 e. The number of nitrogens with one attached hydrogen (secondary N) is 1. The van der Waals surface area contributed by atoms with Crippen molar-refractivity contribution in [1.82, 2.24) is 15.3 Å². The monoisotopic (exact) mass is 423 g/mol. The largest absolute Gasteiger partial charge is 1.00 e. The fourth-order valence-corrected chi connectivity index (χ4v) is 3.46. The van der Waals surface area contributed by atoms with Crippen LogP contribution < -0.4 is 44.7 Å². The zero-order valence-electron chi connectivity index (χ0n) is 14.8. The molecule has 2 atom stereocenters. The number of carbonyl (C=O) groups excluding carboxylic acids is 3. The molecule has 1 fully saturated rings. The number of rotatable bonds is 5. The molecule has 1 saturated heterocycles. The van der Waals surface area contributed by atoms with E-state index >= 15 is 0 Å². The molecule has 0 aliphatic carbocycles. The Morgan fingerprint density at radius 1 is 1.36 bits per heavy atom. The summed E-state index contributed by atoms with van der Waals surface area (Å²) in [5, 5.41) is 14.3. The standard InChI is InChI=1S/C14H15N3O9S.Na/c1-2-15-13(20)25-7-3-4-8-9(5-7)10-6-16(11(8)12(18)19)14(21)17(10)26-27(22,23)24;/h3-5,10-11H,2,6H2,1H3,(H,15,20)(H,18,19)(H,22,23,24);/q;+1/p-1/t10-,11+;/m0./s1. The number of urea groups is 1. The number of hydroxylamine groups is 2. The fraction of sp³-hybridized carbons (Fsp3) is 0.357. The van der Waals surface area contributed by atoms with Gasteiger partial charge in [-0.3, -0.25) is 4.55 Å². The summed E-state index contributed by atoms with van der Waals surface area (Å²) in [6, 6.07) is 0.318. The molecule has 0 aromatic heterocycles. The van der Waals surface area contributed by atoms with Crippen molar-refractivity contribution >= 4 is 28.5 Å². The van der Waals surface area contributed by atoms with E-state index < -0.39 is 40.6 Å². The third-order valence-electron chi connectivity index (χ3n) is 4.04. The summed E-state index contributed by atoms with van der Waals surface area (Å²) in [7, 11) is -5.04. The Balaban J connectivity index is 0.00000280. The number of fused-ring (bicyclic) bond motifs is 4. The number of amides is 3. The summed E-state index contributed by atoms with van der Waals surface area (Å²) in [5.41, 5.74) is 0.320. The molecule has 0 radical (unpaired) electrons. The van der Waals surface area contributed by atoms with Crippen LogP contribution in [0.4, 0.5) is 9.59 Å². The van der Waals surface area contributed by atoms with Gasteiger partial charge in [0.05, 0.1) is 18.6 Å². The molecular formula is C14H14N3NaO9S. The van der Waals surface area contributed by atoms with E-state index in [2.05, 4.69) is 9.60 Å². The van der Waals surface area contributed by atoms with Crippen LogP contribution in [0.1, 0.15) is 30.1 Å². The van der Waals surface area contributed by atoms with Gasteiger partial charge in [-0.1, -0.05) is 6.07 Å². The summed E-state index contributed by atoms with van der Waals surface area (Å²) in [6.45, 7) is 1.77. The van der Waals surface area contributed by atoms with Crippen molar-refractivity contribution in [3.63, 3.8) is 0 Å². The summed E-state index contributed by atoms with van der Waals surface area (Å²) in [5.74, 6) is -1.55. The van der Waals surface area contributed by atoms with E-state index in [1.54, 1.807) is 6.92 Å². The van der Waals surface area contributed by atoms with Gasteiger partial charge in [0.2, 0.25) is 0 Å². The molecule has 3 amide bonds. The molecule has 0 unspecified atom stereocenters. The Morgan fingerprint density at radius 3 is 2.61 bits per heavy atom. The van der Waals surface area contributed by atoms with E-state index in [9.17, 15) is 27.9 Å². The number of nitrogens with zero attached hydrogens (tertiary/aromatic N) is 2. The number of aliphatic carboxylic acids is 1. The maximum atomic E-state index is 12.4. The number of ether oxygens (including phenoxy) is 1. The number of carboxylic acids is 1. The van der Waals surface area contributed by atoms with Gasteiger partial charge in [-0.05, 0) is 30.2 Å². The van der Waals surface area contributed by atoms with Crippen molar-refractivity contribution in [2.24, 2.45) is 0 Å². The summed E-state index contributed by atoms with van der Waals surface area (Å²) in [4.78, 5) is 36.3. The van der Waals surface area contributed by atoms with Gasteiger partial charge in [0.25, 0.3) is 0 Å². The van der Waals surface area contributed by atoms with Gasteiger partial charge < -0.3 is 24.9 Å². The SMILES string of the molecule is CCNC(=O)Oc1ccc2c(c1)[C@@H]1CN(C(=O)N1OS(=O)(=O)O)[C@H]2C(=O)[O-].[Na+]. The molecule has 1 aromatic rings. The van der Waals surface area contributed by atoms with Crippen LogP contribution in [0.15, 0.2) is 18.2 Å². The van der Waals surface area contributed by atoms with Crippen molar-refractivity contribution < 1.29 is 71.0 Å². The van der Waals surface area contributed by atoms with E-state index in [1.165, 1.54) is 18.2 Å².